The Labute approximate surface area is 138 Å². The molecule has 1 aliphatic rings. The van der Waals surface area contributed by atoms with Gasteiger partial charge in [0.15, 0.2) is 5.82 Å². The van der Waals surface area contributed by atoms with Crippen molar-refractivity contribution in [1.29, 1.82) is 0 Å². The Bertz CT molecular complexity index is 677. The van der Waals surface area contributed by atoms with E-state index in [0.717, 1.165) is 18.7 Å². The zero-order chi connectivity index (χ0) is 16.2. The summed E-state index contributed by atoms with van der Waals surface area (Å²) in [5, 5.41) is 10.0. The minimum Gasteiger partial charge on any atom is -0.496 e. The van der Waals surface area contributed by atoms with E-state index in [-0.39, 0.29) is 18.1 Å². The van der Waals surface area contributed by atoms with Gasteiger partial charge in [-0.05, 0) is 31.0 Å². The normalized spacial score (nSPS) is 20.4. The zero-order valence-corrected chi connectivity index (χ0v) is 13.3. The highest BCUT2D eigenvalue weighted by Gasteiger charge is 2.28. The molecule has 2 heterocycles. The van der Waals surface area contributed by atoms with Crippen LogP contribution in [0.2, 0.25) is 5.02 Å². The van der Waals surface area contributed by atoms with Crippen molar-refractivity contribution >= 4 is 17.5 Å². The van der Waals surface area contributed by atoms with Crippen LogP contribution in [0, 0.1) is 0 Å². The van der Waals surface area contributed by atoms with Crippen LogP contribution < -0.4 is 10.1 Å². The van der Waals surface area contributed by atoms with Crippen LogP contribution in [0.25, 0.3) is 0 Å². The number of aromatic amines is 1. The summed E-state index contributed by atoms with van der Waals surface area (Å²) in [6, 6.07) is 4.91. The Hall–Kier alpha value is -2.12. The van der Waals surface area contributed by atoms with E-state index < -0.39 is 0 Å². The van der Waals surface area contributed by atoms with Gasteiger partial charge < -0.3 is 14.8 Å². The lowest BCUT2D eigenvalue weighted by molar-refractivity contribution is 0.0392. The fourth-order valence-electron chi connectivity index (χ4n) is 2.58. The molecule has 2 atom stereocenters. The molecule has 1 aromatic heterocycles. The van der Waals surface area contributed by atoms with Gasteiger partial charge in [-0.25, -0.2) is 4.98 Å². The van der Waals surface area contributed by atoms with Gasteiger partial charge >= 0.3 is 0 Å². The molecule has 23 heavy (non-hydrogen) atoms. The van der Waals surface area contributed by atoms with E-state index in [9.17, 15) is 4.79 Å². The fraction of sp³-hybridized carbons (Fsp3) is 0.400. The molecule has 0 aliphatic carbocycles. The number of benzene rings is 1. The number of halogens is 1. The summed E-state index contributed by atoms with van der Waals surface area (Å²) in [4.78, 5) is 16.4. The number of aromatic nitrogens is 3. The molecular weight excluding hydrogens is 320 g/mol. The van der Waals surface area contributed by atoms with Crippen LogP contribution in [0.5, 0.6) is 5.75 Å². The van der Waals surface area contributed by atoms with Gasteiger partial charge in [0.05, 0.1) is 18.8 Å². The first kappa shape index (κ1) is 15.8. The molecule has 1 fully saturated rings. The predicted octanol–water partition coefficient (Wildman–Crippen LogP) is 2.12. The Kier molecular flexibility index (Phi) is 4.78. The maximum absolute atomic E-state index is 12.3. The Balaban J connectivity index is 1.56. The third-order valence-electron chi connectivity index (χ3n) is 3.74. The molecule has 0 unspecified atom stereocenters. The maximum atomic E-state index is 12.3. The number of nitrogens with zero attached hydrogens (tertiary/aromatic N) is 2. The standard InChI is InChI=1S/C15H17ClN4O3/c1-22-13-6-9(16)2-4-11(13)15(21)17-7-10-3-5-12(23-10)14-18-8-19-20-14/h2,4,6,8,10,12H,3,5,7H2,1H3,(H,17,21)(H,18,19,20)/t10-,12+/m1/s1. The number of methoxy groups -OCH3 is 1. The number of nitrogens with one attached hydrogen (secondary N) is 2. The number of amides is 1. The summed E-state index contributed by atoms with van der Waals surface area (Å²) in [5.41, 5.74) is 0.446. The minimum absolute atomic E-state index is 0.0488. The largest absolute Gasteiger partial charge is 0.496 e. The molecule has 1 aromatic carbocycles. The lowest BCUT2D eigenvalue weighted by atomic mass is 10.1. The van der Waals surface area contributed by atoms with E-state index in [0.29, 0.717) is 22.9 Å². The van der Waals surface area contributed by atoms with Gasteiger partial charge in [-0.2, -0.15) is 5.10 Å². The quantitative estimate of drug-likeness (QED) is 0.873. The summed E-state index contributed by atoms with van der Waals surface area (Å²) in [5.74, 6) is 0.949. The van der Waals surface area contributed by atoms with Crippen molar-refractivity contribution in [3.05, 3.63) is 40.9 Å². The van der Waals surface area contributed by atoms with Gasteiger partial charge in [0, 0.05) is 11.6 Å². The molecule has 1 aliphatic heterocycles. The second-order valence-electron chi connectivity index (χ2n) is 5.25. The van der Waals surface area contributed by atoms with Gasteiger partial charge in [0.2, 0.25) is 0 Å². The highest BCUT2D eigenvalue weighted by atomic mass is 35.5. The van der Waals surface area contributed by atoms with E-state index >= 15 is 0 Å². The van der Waals surface area contributed by atoms with Crippen LogP contribution >= 0.6 is 11.6 Å². The molecule has 7 nitrogen and oxygen atoms in total. The first-order chi connectivity index (χ1) is 11.2. The van der Waals surface area contributed by atoms with Crippen LogP contribution in [-0.2, 0) is 4.74 Å². The zero-order valence-electron chi connectivity index (χ0n) is 12.6. The average Bonchev–Trinajstić information content (AvgIpc) is 3.23. The first-order valence-electron chi connectivity index (χ1n) is 7.30. The number of carbonyl (C=O) groups excluding carboxylic acids is 1. The van der Waals surface area contributed by atoms with E-state index in [1.165, 1.54) is 13.4 Å². The van der Waals surface area contributed by atoms with Crippen molar-refractivity contribution in [2.45, 2.75) is 25.0 Å². The molecule has 0 radical (unpaired) electrons. The van der Waals surface area contributed by atoms with Crippen molar-refractivity contribution in [2.24, 2.45) is 0 Å². The Morgan fingerprint density at radius 3 is 3.13 bits per heavy atom. The second kappa shape index (κ2) is 6.97. The molecule has 2 N–H and O–H groups in total. The molecule has 0 saturated carbocycles. The van der Waals surface area contributed by atoms with Gasteiger partial charge in [-0.15, -0.1) is 0 Å². The monoisotopic (exact) mass is 336 g/mol. The second-order valence-corrected chi connectivity index (χ2v) is 5.69. The first-order valence-corrected chi connectivity index (χ1v) is 7.67. The molecule has 2 aromatic rings. The van der Waals surface area contributed by atoms with E-state index in [1.807, 2.05) is 0 Å². The van der Waals surface area contributed by atoms with Crippen molar-refractivity contribution in [3.8, 4) is 5.75 Å². The minimum atomic E-state index is -0.217. The lowest BCUT2D eigenvalue weighted by Crippen LogP contribution is -2.32. The summed E-state index contributed by atoms with van der Waals surface area (Å²) < 4.78 is 11.1. The molecule has 3 rings (SSSR count). The average molecular weight is 337 g/mol. The molecule has 1 amide bonds. The summed E-state index contributed by atoms with van der Waals surface area (Å²) in [6.45, 7) is 0.426. The van der Waals surface area contributed by atoms with Crippen molar-refractivity contribution in [1.82, 2.24) is 20.5 Å². The van der Waals surface area contributed by atoms with Gasteiger partial charge in [0.25, 0.3) is 5.91 Å². The summed E-state index contributed by atoms with van der Waals surface area (Å²) >= 11 is 5.90. The predicted molar refractivity (Wildman–Crippen MR) is 83.6 cm³/mol. The highest BCUT2D eigenvalue weighted by Crippen LogP contribution is 2.30. The summed E-state index contributed by atoms with van der Waals surface area (Å²) in [6.07, 6.45) is 3.01. The van der Waals surface area contributed by atoms with E-state index in [4.69, 9.17) is 21.1 Å². The SMILES string of the molecule is COc1cc(Cl)ccc1C(=O)NC[C@H]1CC[C@@H](c2ncn[nH]2)O1. The molecule has 1 saturated heterocycles. The van der Waals surface area contributed by atoms with Crippen LogP contribution in [0.1, 0.15) is 35.1 Å². The van der Waals surface area contributed by atoms with Crippen LogP contribution in [0.4, 0.5) is 0 Å². The molecule has 122 valence electrons. The van der Waals surface area contributed by atoms with Crippen molar-refractivity contribution in [3.63, 3.8) is 0 Å². The van der Waals surface area contributed by atoms with Crippen molar-refractivity contribution < 1.29 is 14.3 Å². The lowest BCUT2D eigenvalue weighted by Gasteiger charge is -2.14. The van der Waals surface area contributed by atoms with Crippen LogP contribution in [-0.4, -0.2) is 40.8 Å². The molecular formula is C15H17ClN4O3. The van der Waals surface area contributed by atoms with Gasteiger partial charge in [-0.1, -0.05) is 11.6 Å². The third kappa shape index (κ3) is 3.62. The van der Waals surface area contributed by atoms with E-state index in [2.05, 4.69) is 20.5 Å². The Morgan fingerprint density at radius 2 is 2.39 bits per heavy atom. The summed E-state index contributed by atoms with van der Waals surface area (Å²) in [7, 11) is 1.50. The number of rotatable bonds is 5. The van der Waals surface area contributed by atoms with E-state index in [1.54, 1.807) is 18.2 Å². The van der Waals surface area contributed by atoms with Crippen LogP contribution in [0.15, 0.2) is 24.5 Å². The topological polar surface area (TPSA) is 89.1 Å². The van der Waals surface area contributed by atoms with Crippen LogP contribution in [0.3, 0.4) is 0 Å². The number of hydrogen-bond donors (Lipinski definition) is 2. The smallest absolute Gasteiger partial charge is 0.255 e. The Morgan fingerprint density at radius 1 is 1.52 bits per heavy atom. The van der Waals surface area contributed by atoms with Crippen molar-refractivity contribution in [2.75, 3.05) is 13.7 Å². The fourth-order valence-corrected chi connectivity index (χ4v) is 2.74. The maximum Gasteiger partial charge on any atom is 0.255 e. The molecule has 0 bridgehead atoms. The van der Waals surface area contributed by atoms with Gasteiger partial charge in [0.1, 0.15) is 18.2 Å². The number of ether oxygens (including phenoxy) is 2. The third-order valence-corrected chi connectivity index (χ3v) is 3.98. The molecule has 8 heteroatoms. The number of hydrogen-bond acceptors (Lipinski definition) is 5. The highest BCUT2D eigenvalue weighted by molar-refractivity contribution is 6.30. The number of carbonyl (C=O) groups is 1. The molecule has 0 spiro atoms. The van der Waals surface area contributed by atoms with Gasteiger partial charge in [-0.3, -0.25) is 9.89 Å². The number of H-pyrrole nitrogens is 1.